The zero-order valence-corrected chi connectivity index (χ0v) is 16.3. The van der Waals surface area contributed by atoms with Crippen molar-refractivity contribution in [3.8, 4) is 0 Å². The lowest BCUT2D eigenvalue weighted by molar-refractivity contribution is -0.125. The highest BCUT2D eigenvalue weighted by molar-refractivity contribution is 5.88. The number of allylic oxidation sites excluding steroid dienone is 2. The summed E-state index contributed by atoms with van der Waals surface area (Å²) in [4.78, 5) is 19.8. The molecule has 1 aromatic carbocycles. The van der Waals surface area contributed by atoms with Crippen LogP contribution in [0.15, 0.2) is 42.4 Å². The summed E-state index contributed by atoms with van der Waals surface area (Å²) in [5.74, 6) is 0.685. The number of nitrogens with zero attached hydrogens (tertiary/aromatic N) is 4. The first-order valence-electron chi connectivity index (χ1n) is 9.86. The summed E-state index contributed by atoms with van der Waals surface area (Å²) in [6.45, 7) is 7.53. The van der Waals surface area contributed by atoms with Gasteiger partial charge in [-0.3, -0.25) is 4.79 Å². The molecule has 0 amide bonds. The maximum atomic E-state index is 13.1. The third-order valence-corrected chi connectivity index (χ3v) is 5.88. The van der Waals surface area contributed by atoms with E-state index < -0.39 is 0 Å². The first-order valence-corrected chi connectivity index (χ1v) is 9.86. The van der Waals surface area contributed by atoms with Gasteiger partial charge in [0.1, 0.15) is 12.1 Å². The molecule has 0 spiro atoms. The van der Waals surface area contributed by atoms with Crippen molar-refractivity contribution < 1.29 is 9.53 Å². The van der Waals surface area contributed by atoms with Crippen LogP contribution in [0.1, 0.15) is 31.9 Å². The van der Waals surface area contributed by atoms with Crippen LogP contribution in [-0.2, 0) is 9.53 Å². The monoisotopic (exact) mass is 379 g/mol. The number of hydrogen-bond acceptors (Lipinski definition) is 6. The molecule has 0 unspecified atom stereocenters. The molecular formula is C21H25N5O2. The number of hydrogen-bond donors (Lipinski definition) is 1. The molecule has 0 bridgehead atoms. The first kappa shape index (κ1) is 17.4. The summed E-state index contributed by atoms with van der Waals surface area (Å²) < 4.78 is 7.30. The zero-order chi connectivity index (χ0) is 19.3. The van der Waals surface area contributed by atoms with Gasteiger partial charge in [0.15, 0.2) is 0 Å². The summed E-state index contributed by atoms with van der Waals surface area (Å²) in [5.41, 5.74) is 3.06. The molecular weight excluding hydrogens is 354 g/mol. The Morgan fingerprint density at radius 2 is 1.93 bits per heavy atom. The Balaban J connectivity index is 1.53. The third kappa shape index (κ3) is 2.90. The van der Waals surface area contributed by atoms with Gasteiger partial charge >= 0.3 is 0 Å². The Hall–Kier alpha value is -2.67. The number of carbonyl (C=O) groups excluding carboxylic acids is 1. The van der Waals surface area contributed by atoms with E-state index in [1.54, 1.807) is 6.33 Å². The molecule has 1 saturated heterocycles. The summed E-state index contributed by atoms with van der Waals surface area (Å²) >= 11 is 0. The van der Waals surface area contributed by atoms with Gasteiger partial charge in [0.2, 0.25) is 5.95 Å². The van der Waals surface area contributed by atoms with Crippen LogP contribution >= 0.6 is 0 Å². The Morgan fingerprint density at radius 3 is 2.68 bits per heavy atom. The highest BCUT2D eigenvalue weighted by atomic mass is 16.5. The second-order valence-electron chi connectivity index (χ2n) is 8.50. The number of nitrogens with one attached hydrogen (secondary N) is 1. The molecule has 1 N–H and O–H groups in total. The maximum Gasteiger partial charge on any atom is 0.226 e. The van der Waals surface area contributed by atoms with Gasteiger partial charge in [0.05, 0.1) is 25.2 Å². The van der Waals surface area contributed by atoms with E-state index in [1.807, 2.05) is 4.68 Å². The van der Waals surface area contributed by atoms with Crippen molar-refractivity contribution >= 4 is 17.4 Å². The number of aromatic nitrogens is 3. The van der Waals surface area contributed by atoms with E-state index >= 15 is 0 Å². The normalized spacial score (nSPS) is 26.1. The van der Waals surface area contributed by atoms with Gasteiger partial charge in [-0.15, -0.1) is 0 Å². The molecule has 1 aromatic heterocycles. The van der Waals surface area contributed by atoms with Crippen molar-refractivity contribution in [3.63, 3.8) is 0 Å². The lowest BCUT2D eigenvalue weighted by atomic mass is 9.72. The number of morpholine rings is 1. The molecule has 1 aliphatic carbocycles. The highest BCUT2D eigenvalue weighted by Gasteiger charge is 2.44. The van der Waals surface area contributed by atoms with Gasteiger partial charge < -0.3 is 15.0 Å². The molecule has 1 fully saturated rings. The van der Waals surface area contributed by atoms with Gasteiger partial charge in [-0.1, -0.05) is 32.1 Å². The Labute approximate surface area is 164 Å². The molecule has 2 aromatic rings. The van der Waals surface area contributed by atoms with Crippen LogP contribution in [-0.4, -0.2) is 46.9 Å². The van der Waals surface area contributed by atoms with Gasteiger partial charge in [0.25, 0.3) is 0 Å². The molecule has 28 heavy (non-hydrogen) atoms. The van der Waals surface area contributed by atoms with Crippen LogP contribution in [0.5, 0.6) is 0 Å². The topological polar surface area (TPSA) is 72.3 Å². The second-order valence-corrected chi connectivity index (χ2v) is 8.50. The average Bonchev–Trinajstić information content (AvgIpc) is 3.14. The molecule has 3 heterocycles. The fourth-order valence-corrected chi connectivity index (χ4v) is 4.61. The lowest BCUT2D eigenvalue weighted by Crippen LogP contribution is -2.42. The largest absolute Gasteiger partial charge is 0.378 e. The van der Waals surface area contributed by atoms with E-state index in [4.69, 9.17) is 4.74 Å². The number of rotatable bonds is 2. The van der Waals surface area contributed by atoms with Crippen LogP contribution in [0.25, 0.3) is 0 Å². The number of ether oxygens (including phenoxy) is 1. The average molecular weight is 379 g/mol. The smallest absolute Gasteiger partial charge is 0.226 e. The predicted octanol–water partition coefficient (Wildman–Crippen LogP) is 2.63. The van der Waals surface area contributed by atoms with E-state index in [0.717, 1.165) is 37.6 Å². The Morgan fingerprint density at radius 1 is 1.18 bits per heavy atom. The van der Waals surface area contributed by atoms with Crippen LogP contribution < -0.4 is 10.2 Å². The zero-order valence-electron chi connectivity index (χ0n) is 16.3. The lowest BCUT2D eigenvalue weighted by Gasteiger charge is -2.40. The van der Waals surface area contributed by atoms with Crippen molar-refractivity contribution in [2.75, 3.05) is 36.5 Å². The number of benzene rings is 1. The number of carbonyl (C=O) groups is 1. The minimum atomic E-state index is -0.253. The number of anilines is 2. The molecule has 0 saturated carbocycles. The van der Waals surface area contributed by atoms with E-state index in [1.165, 1.54) is 5.69 Å². The quantitative estimate of drug-likeness (QED) is 0.865. The fourth-order valence-electron chi connectivity index (χ4n) is 4.61. The van der Waals surface area contributed by atoms with E-state index in [0.29, 0.717) is 12.4 Å². The van der Waals surface area contributed by atoms with Crippen molar-refractivity contribution in [1.29, 1.82) is 0 Å². The van der Waals surface area contributed by atoms with Crippen molar-refractivity contribution in [2.24, 2.45) is 11.3 Å². The SMILES string of the molecule is CC1(C)C=C2Nc3ncnn3[C@@H](c3ccc(N4CCOCC4)cc3)[C@H]2C(=O)C1. The van der Waals surface area contributed by atoms with Crippen molar-refractivity contribution in [1.82, 2.24) is 14.8 Å². The van der Waals surface area contributed by atoms with Crippen LogP contribution in [0.3, 0.4) is 0 Å². The molecule has 5 rings (SSSR count). The summed E-state index contributed by atoms with van der Waals surface area (Å²) in [6.07, 6.45) is 4.27. The Bertz CT molecular complexity index is 925. The molecule has 146 valence electrons. The molecule has 3 aliphatic rings. The van der Waals surface area contributed by atoms with Crippen LogP contribution in [0, 0.1) is 11.3 Å². The molecule has 7 nitrogen and oxygen atoms in total. The standard InChI is InChI=1S/C21H25N5O2/c1-21(2)11-16-18(17(27)12-21)19(26-20(24-16)22-13-23-26)14-3-5-15(6-4-14)25-7-9-28-10-8-25/h3-6,11,13,18-19H,7-10,12H2,1-2H3,(H,22,23,24)/t18-,19+/m1/s1. The van der Waals surface area contributed by atoms with Gasteiger partial charge in [-0.25, -0.2) is 4.68 Å². The summed E-state index contributed by atoms with van der Waals surface area (Å²) in [5, 5.41) is 7.76. The molecule has 0 radical (unpaired) electrons. The summed E-state index contributed by atoms with van der Waals surface area (Å²) in [7, 11) is 0. The number of ketones is 1. The minimum Gasteiger partial charge on any atom is -0.378 e. The van der Waals surface area contributed by atoms with Crippen LogP contribution in [0.2, 0.25) is 0 Å². The fraction of sp³-hybridized carbons (Fsp3) is 0.476. The second kappa shape index (κ2) is 6.44. The van der Waals surface area contributed by atoms with Crippen molar-refractivity contribution in [2.45, 2.75) is 26.3 Å². The van der Waals surface area contributed by atoms with E-state index in [9.17, 15) is 4.79 Å². The Kier molecular flexibility index (Phi) is 4.01. The van der Waals surface area contributed by atoms with Gasteiger partial charge in [0, 0.05) is 30.9 Å². The van der Waals surface area contributed by atoms with Crippen LogP contribution in [0.4, 0.5) is 11.6 Å². The van der Waals surface area contributed by atoms with Crippen molar-refractivity contribution in [3.05, 3.63) is 47.9 Å². The van der Waals surface area contributed by atoms with E-state index in [2.05, 4.69) is 64.5 Å². The van der Waals surface area contributed by atoms with Gasteiger partial charge in [-0.05, 0) is 23.1 Å². The molecule has 2 aliphatic heterocycles. The first-order chi connectivity index (χ1) is 13.5. The number of Topliss-reactive ketones (excluding diaryl/α,β-unsaturated/α-hetero) is 1. The highest BCUT2D eigenvalue weighted by Crippen LogP contribution is 2.45. The predicted molar refractivity (Wildman–Crippen MR) is 106 cm³/mol. The summed E-state index contributed by atoms with van der Waals surface area (Å²) in [6, 6.07) is 8.35. The number of fused-ring (bicyclic) bond motifs is 2. The molecule has 7 heteroatoms. The minimum absolute atomic E-state index is 0.150. The molecule has 2 atom stereocenters. The van der Waals surface area contributed by atoms with Gasteiger partial charge in [-0.2, -0.15) is 10.1 Å². The maximum absolute atomic E-state index is 13.1. The third-order valence-electron chi connectivity index (χ3n) is 5.88. The van der Waals surface area contributed by atoms with E-state index in [-0.39, 0.29) is 23.2 Å².